The molecule has 0 aromatic heterocycles. The summed E-state index contributed by atoms with van der Waals surface area (Å²) in [6.45, 7) is 1.05. The standard InChI is InChI=1S/2C9H17NO2.5H2O/c2*10-7-9(6-8(11)12)4-2-1-3-5-9;;;;;/h2*1-7,10H2,(H,11,12);5*1H2. The third-order valence-corrected chi connectivity index (χ3v) is 5.75. The predicted molar refractivity (Wildman–Crippen MR) is 112 cm³/mol. The molecule has 11 nitrogen and oxygen atoms in total. The van der Waals surface area contributed by atoms with E-state index in [1.54, 1.807) is 0 Å². The molecule has 0 atom stereocenters. The summed E-state index contributed by atoms with van der Waals surface area (Å²) in [6, 6.07) is 0. The topological polar surface area (TPSA) is 284 Å². The summed E-state index contributed by atoms with van der Waals surface area (Å²) < 4.78 is 0. The number of carbonyl (C=O) groups is 2. The van der Waals surface area contributed by atoms with Gasteiger partial charge in [0.15, 0.2) is 0 Å². The van der Waals surface area contributed by atoms with Crippen molar-refractivity contribution in [2.24, 2.45) is 22.3 Å². The van der Waals surface area contributed by atoms with E-state index in [4.69, 9.17) is 21.7 Å². The number of hydrogen-bond donors (Lipinski definition) is 4. The van der Waals surface area contributed by atoms with Gasteiger partial charge in [0.1, 0.15) is 0 Å². The molecule has 0 saturated heterocycles. The van der Waals surface area contributed by atoms with Gasteiger partial charge in [-0.1, -0.05) is 38.5 Å². The highest BCUT2D eigenvalue weighted by Gasteiger charge is 2.33. The summed E-state index contributed by atoms with van der Waals surface area (Å²) >= 11 is 0. The molecule has 0 heterocycles. The zero-order valence-corrected chi connectivity index (χ0v) is 17.3. The molecule has 16 N–H and O–H groups in total. The van der Waals surface area contributed by atoms with Crippen molar-refractivity contribution in [3.8, 4) is 0 Å². The second-order valence-electron chi connectivity index (χ2n) is 7.67. The highest BCUT2D eigenvalue weighted by molar-refractivity contribution is 5.68. The first-order valence-electron chi connectivity index (χ1n) is 9.21. The highest BCUT2D eigenvalue weighted by atomic mass is 16.4. The van der Waals surface area contributed by atoms with Crippen LogP contribution in [0.2, 0.25) is 0 Å². The summed E-state index contributed by atoms with van der Waals surface area (Å²) in [6.07, 6.45) is 11.5. The average Bonchev–Trinajstić information content (AvgIpc) is 2.56. The molecule has 0 aromatic rings. The quantitative estimate of drug-likeness (QED) is 0.391. The number of nitrogens with two attached hydrogens (primary N) is 2. The molecule has 0 bridgehead atoms. The van der Waals surface area contributed by atoms with Crippen molar-refractivity contribution in [1.82, 2.24) is 0 Å². The van der Waals surface area contributed by atoms with Crippen LogP contribution in [0.4, 0.5) is 0 Å². The average molecular weight is 433 g/mol. The summed E-state index contributed by atoms with van der Waals surface area (Å²) in [5, 5.41) is 17.4. The van der Waals surface area contributed by atoms with Crippen LogP contribution in [0.5, 0.6) is 0 Å². The zero-order valence-electron chi connectivity index (χ0n) is 17.3. The van der Waals surface area contributed by atoms with Crippen LogP contribution >= 0.6 is 0 Å². The van der Waals surface area contributed by atoms with Crippen LogP contribution in [0.25, 0.3) is 0 Å². The van der Waals surface area contributed by atoms with Crippen LogP contribution < -0.4 is 11.5 Å². The van der Waals surface area contributed by atoms with E-state index < -0.39 is 11.9 Å². The largest absolute Gasteiger partial charge is 0.481 e. The van der Waals surface area contributed by atoms with E-state index in [0.29, 0.717) is 13.1 Å². The Morgan fingerprint density at radius 3 is 1.00 bits per heavy atom. The Morgan fingerprint density at radius 2 is 0.828 bits per heavy atom. The highest BCUT2D eigenvalue weighted by Crippen LogP contribution is 2.38. The molecule has 2 rings (SSSR count). The maximum absolute atomic E-state index is 10.6. The van der Waals surface area contributed by atoms with Crippen LogP contribution in [-0.2, 0) is 9.59 Å². The number of rotatable bonds is 6. The van der Waals surface area contributed by atoms with Crippen molar-refractivity contribution in [2.75, 3.05) is 13.1 Å². The zero-order chi connectivity index (χ0) is 18.1. The monoisotopic (exact) mass is 432 g/mol. The van der Waals surface area contributed by atoms with Gasteiger partial charge >= 0.3 is 11.9 Å². The Balaban J connectivity index is -0.000000113. The molecular weight excluding hydrogens is 388 g/mol. The van der Waals surface area contributed by atoms with Gasteiger partial charge in [0.05, 0.1) is 12.8 Å². The molecule has 2 fully saturated rings. The summed E-state index contributed by atoms with van der Waals surface area (Å²) in [5.41, 5.74) is 11.1. The Kier molecular flexibility index (Phi) is 24.7. The van der Waals surface area contributed by atoms with E-state index >= 15 is 0 Å². The Bertz CT molecular complexity index is 372. The van der Waals surface area contributed by atoms with Gasteiger partial charge in [0.2, 0.25) is 0 Å². The van der Waals surface area contributed by atoms with E-state index in [-0.39, 0.29) is 51.1 Å². The Hall–Kier alpha value is -1.34. The SMILES string of the molecule is NCC1(CC(=O)O)CCCCC1.NCC1(CC(=O)O)CCCCC1.O.O.O.O.O. The first-order chi connectivity index (χ1) is 11.4. The van der Waals surface area contributed by atoms with Crippen LogP contribution in [0, 0.1) is 10.8 Å². The molecule has 2 aliphatic rings. The lowest BCUT2D eigenvalue weighted by atomic mass is 9.72. The molecular formula is C18H44N2O9. The van der Waals surface area contributed by atoms with Gasteiger partial charge in [-0.15, -0.1) is 0 Å². The number of hydrogen-bond acceptors (Lipinski definition) is 4. The fourth-order valence-corrected chi connectivity index (χ4v) is 4.15. The van der Waals surface area contributed by atoms with Gasteiger partial charge in [0, 0.05) is 0 Å². The molecule has 0 spiro atoms. The molecule has 11 heteroatoms. The molecule has 180 valence electrons. The lowest BCUT2D eigenvalue weighted by Crippen LogP contribution is -2.34. The van der Waals surface area contributed by atoms with Gasteiger partial charge < -0.3 is 49.1 Å². The Labute approximate surface area is 172 Å². The van der Waals surface area contributed by atoms with E-state index in [1.165, 1.54) is 12.8 Å². The maximum Gasteiger partial charge on any atom is 0.303 e. The predicted octanol–water partition coefficient (Wildman–Crippen LogP) is -1.38. The lowest BCUT2D eigenvalue weighted by molar-refractivity contribution is -0.141. The minimum absolute atomic E-state index is 0. The maximum atomic E-state index is 10.6. The van der Waals surface area contributed by atoms with E-state index in [2.05, 4.69) is 0 Å². The summed E-state index contributed by atoms with van der Waals surface area (Å²) in [7, 11) is 0. The molecule has 0 aromatic carbocycles. The smallest absolute Gasteiger partial charge is 0.303 e. The van der Waals surface area contributed by atoms with Gasteiger partial charge in [-0.3, -0.25) is 9.59 Å². The molecule has 0 amide bonds. The van der Waals surface area contributed by atoms with Crippen LogP contribution in [-0.4, -0.2) is 62.6 Å². The third-order valence-electron chi connectivity index (χ3n) is 5.75. The van der Waals surface area contributed by atoms with Gasteiger partial charge in [-0.25, -0.2) is 0 Å². The van der Waals surface area contributed by atoms with Crippen molar-refractivity contribution in [1.29, 1.82) is 0 Å². The lowest BCUT2D eigenvalue weighted by Gasteiger charge is -2.34. The van der Waals surface area contributed by atoms with Crippen molar-refractivity contribution >= 4 is 11.9 Å². The van der Waals surface area contributed by atoms with Crippen molar-refractivity contribution in [2.45, 2.75) is 77.0 Å². The van der Waals surface area contributed by atoms with Crippen molar-refractivity contribution in [3.05, 3.63) is 0 Å². The van der Waals surface area contributed by atoms with E-state index in [0.717, 1.165) is 51.4 Å². The fraction of sp³-hybridized carbons (Fsp3) is 0.889. The van der Waals surface area contributed by atoms with Crippen LogP contribution in [0.15, 0.2) is 0 Å². The summed E-state index contributed by atoms with van der Waals surface area (Å²) in [4.78, 5) is 21.2. The van der Waals surface area contributed by atoms with Gasteiger partial charge in [-0.05, 0) is 49.6 Å². The molecule has 0 radical (unpaired) electrons. The number of aliphatic carboxylic acids is 2. The number of carboxylic acid groups (broad SMARTS) is 2. The Morgan fingerprint density at radius 1 is 0.586 bits per heavy atom. The van der Waals surface area contributed by atoms with E-state index in [1.807, 2.05) is 0 Å². The minimum atomic E-state index is -0.706. The van der Waals surface area contributed by atoms with E-state index in [9.17, 15) is 9.59 Å². The first-order valence-corrected chi connectivity index (χ1v) is 9.21. The molecule has 0 aliphatic heterocycles. The molecule has 2 saturated carbocycles. The van der Waals surface area contributed by atoms with Crippen LogP contribution in [0.1, 0.15) is 77.0 Å². The summed E-state index contributed by atoms with van der Waals surface area (Å²) in [5.74, 6) is -1.41. The van der Waals surface area contributed by atoms with Crippen LogP contribution in [0.3, 0.4) is 0 Å². The van der Waals surface area contributed by atoms with Gasteiger partial charge in [-0.2, -0.15) is 0 Å². The fourth-order valence-electron chi connectivity index (χ4n) is 4.15. The third kappa shape index (κ3) is 13.5. The molecule has 2 aliphatic carbocycles. The van der Waals surface area contributed by atoms with Crippen molar-refractivity contribution in [3.63, 3.8) is 0 Å². The molecule has 29 heavy (non-hydrogen) atoms. The molecule has 0 unspecified atom stereocenters. The second-order valence-corrected chi connectivity index (χ2v) is 7.67. The van der Waals surface area contributed by atoms with Crippen molar-refractivity contribution < 1.29 is 47.2 Å². The number of carboxylic acids is 2. The van der Waals surface area contributed by atoms with Gasteiger partial charge in [0.25, 0.3) is 0 Å². The first kappa shape index (κ1) is 38.3. The minimum Gasteiger partial charge on any atom is -0.481 e. The second kappa shape index (κ2) is 18.7. The normalized spacial score (nSPS) is 18.3.